The van der Waals surface area contributed by atoms with Crippen LogP contribution in [0.2, 0.25) is 0 Å². The van der Waals surface area contributed by atoms with Gasteiger partial charge in [0.15, 0.2) is 5.76 Å². The first-order valence-corrected chi connectivity index (χ1v) is 7.00. The van der Waals surface area contributed by atoms with Crippen molar-refractivity contribution in [1.82, 2.24) is 20.5 Å². The molecule has 0 bridgehead atoms. The van der Waals surface area contributed by atoms with Crippen molar-refractivity contribution in [2.45, 2.75) is 6.54 Å². The van der Waals surface area contributed by atoms with E-state index >= 15 is 0 Å². The van der Waals surface area contributed by atoms with Crippen LogP contribution in [0.15, 0.2) is 51.6 Å². The standard InChI is InChI=1S/C14H11BrN4O2/c15-10-5-3-9(4-6-10)14(20)16-8-12-17-13(19-18-12)11-2-1-7-21-11/h1-7H,8H2,(H,16,20)(H,17,18,19). The predicted molar refractivity (Wildman–Crippen MR) is 79.4 cm³/mol. The molecule has 0 aliphatic carbocycles. The van der Waals surface area contributed by atoms with Crippen molar-refractivity contribution < 1.29 is 9.21 Å². The van der Waals surface area contributed by atoms with Crippen LogP contribution in [0, 0.1) is 0 Å². The summed E-state index contributed by atoms with van der Waals surface area (Å²) in [6.45, 7) is 0.266. The Kier molecular flexibility index (Phi) is 3.83. The van der Waals surface area contributed by atoms with Crippen LogP contribution in [-0.4, -0.2) is 21.1 Å². The minimum Gasteiger partial charge on any atom is -0.461 e. The first-order chi connectivity index (χ1) is 10.2. The van der Waals surface area contributed by atoms with E-state index in [9.17, 15) is 4.79 Å². The van der Waals surface area contributed by atoms with Gasteiger partial charge < -0.3 is 9.73 Å². The fourth-order valence-electron chi connectivity index (χ4n) is 1.76. The molecule has 0 atom stereocenters. The quantitative estimate of drug-likeness (QED) is 0.760. The topological polar surface area (TPSA) is 83.8 Å². The maximum absolute atomic E-state index is 12.0. The van der Waals surface area contributed by atoms with Gasteiger partial charge in [0.05, 0.1) is 12.8 Å². The van der Waals surface area contributed by atoms with E-state index in [1.54, 1.807) is 30.5 Å². The van der Waals surface area contributed by atoms with E-state index in [1.165, 1.54) is 0 Å². The molecule has 3 rings (SSSR count). The summed E-state index contributed by atoms with van der Waals surface area (Å²) in [5.41, 5.74) is 0.587. The van der Waals surface area contributed by atoms with Crippen LogP contribution in [0.4, 0.5) is 0 Å². The van der Waals surface area contributed by atoms with Gasteiger partial charge in [0, 0.05) is 10.0 Å². The molecule has 1 amide bonds. The van der Waals surface area contributed by atoms with Gasteiger partial charge in [-0.05, 0) is 36.4 Å². The summed E-state index contributed by atoms with van der Waals surface area (Å²) in [5, 5.41) is 9.57. The molecule has 3 aromatic rings. The number of H-pyrrole nitrogens is 1. The number of aromatic nitrogens is 3. The highest BCUT2D eigenvalue weighted by Gasteiger charge is 2.10. The summed E-state index contributed by atoms with van der Waals surface area (Å²) in [4.78, 5) is 16.2. The van der Waals surface area contributed by atoms with Crippen LogP contribution in [0.5, 0.6) is 0 Å². The molecule has 6 nitrogen and oxygen atoms in total. The molecule has 0 fully saturated rings. The number of carbonyl (C=O) groups excluding carboxylic acids is 1. The van der Waals surface area contributed by atoms with Crippen molar-refractivity contribution in [2.75, 3.05) is 0 Å². The average Bonchev–Trinajstić information content (AvgIpc) is 3.16. The van der Waals surface area contributed by atoms with Gasteiger partial charge in [0.25, 0.3) is 5.91 Å². The van der Waals surface area contributed by atoms with Crippen molar-refractivity contribution in [1.29, 1.82) is 0 Å². The van der Waals surface area contributed by atoms with Crippen molar-refractivity contribution in [3.63, 3.8) is 0 Å². The number of halogens is 1. The Labute approximate surface area is 128 Å². The van der Waals surface area contributed by atoms with E-state index < -0.39 is 0 Å². The summed E-state index contributed by atoms with van der Waals surface area (Å²) in [7, 11) is 0. The van der Waals surface area contributed by atoms with E-state index in [0.29, 0.717) is 23.0 Å². The monoisotopic (exact) mass is 346 g/mol. The van der Waals surface area contributed by atoms with Crippen LogP contribution in [0.1, 0.15) is 16.2 Å². The van der Waals surface area contributed by atoms with E-state index in [4.69, 9.17) is 4.42 Å². The van der Waals surface area contributed by atoms with Gasteiger partial charge in [-0.1, -0.05) is 15.9 Å². The fourth-order valence-corrected chi connectivity index (χ4v) is 2.02. The number of aromatic amines is 1. The van der Waals surface area contributed by atoms with Crippen molar-refractivity contribution >= 4 is 21.8 Å². The van der Waals surface area contributed by atoms with Gasteiger partial charge in [0.1, 0.15) is 5.82 Å². The number of rotatable bonds is 4. The van der Waals surface area contributed by atoms with Crippen LogP contribution in [-0.2, 0) is 6.54 Å². The lowest BCUT2D eigenvalue weighted by molar-refractivity contribution is 0.0950. The van der Waals surface area contributed by atoms with E-state index in [2.05, 4.69) is 36.4 Å². The van der Waals surface area contributed by atoms with E-state index in [1.807, 2.05) is 12.1 Å². The third-order valence-electron chi connectivity index (χ3n) is 2.80. The Hall–Kier alpha value is -2.41. The molecule has 0 spiro atoms. The minimum absolute atomic E-state index is 0.168. The lowest BCUT2D eigenvalue weighted by Crippen LogP contribution is -2.23. The summed E-state index contributed by atoms with van der Waals surface area (Å²) in [5.74, 6) is 1.44. The summed E-state index contributed by atoms with van der Waals surface area (Å²) < 4.78 is 6.13. The zero-order valence-corrected chi connectivity index (χ0v) is 12.4. The van der Waals surface area contributed by atoms with Crippen molar-refractivity contribution in [2.24, 2.45) is 0 Å². The highest BCUT2D eigenvalue weighted by molar-refractivity contribution is 9.10. The third kappa shape index (κ3) is 3.19. The largest absolute Gasteiger partial charge is 0.461 e. The number of nitrogens with one attached hydrogen (secondary N) is 2. The number of hydrogen-bond donors (Lipinski definition) is 2. The van der Waals surface area contributed by atoms with E-state index in [-0.39, 0.29) is 12.5 Å². The molecule has 0 saturated carbocycles. The fraction of sp³-hybridized carbons (Fsp3) is 0.0714. The van der Waals surface area contributed by atoms with Gasteiger partial charge >= 0.3 is 0 Å². The second-order valence-electron chi connectivity index (χ2n) is 4.27. The Balaban J connectivity index is 1.62. The molecule has 7 heteroatoms. The maximum atomic E-state index is 12.0. The normalized spacial score (nSPS) is 10.5. The smallest absolute Gasteiger partial charge is 0.251 e. The van der Waals surface area contributed by atoms with Crippen LogP contribution >= 0.6 is 15.9 Å². The second-order valence-corrected chi connectivity index (χ2v) is 5.19. The molecule has 106 valence electrons. The summed E-state index contributed by atoms with van der Waals surface area (Å²) in [6.07, 6.45) is 1.56. The molecular formula is C14H11BrN4O2. The first kappa shape index (κ1) is 13.6. The summed E-state index contributed by atoms with van der Waals surface area (Å²) in [6, 6.07) is 10.7. The molecule has 0 radical (unpaired) electrons. The van der Waals surface area contributed by atoms with Crippen LogP contribution in [0.3, 0.4) is 0 Å². The Morgan fingerprint density at radius 2 is 2.10 bits per heavy atom. The second kappa shape index (κ2) is 5.92. The highest BCUT2D eigenvalue weighted by atomic mass is 79.9. The van der Waals surface area contributed by atoms with Gasteiger partial charge in [-0.3, -0.25) is 9.89 Å². The molecule has 0 saturated heterocycles. The Morgan fingerprint density at radius 1 is 1.29 bits per heavy atom. The number of nitrogens with zero attached hydrogens (tertiary/aromatic N) is 2. The molecule has 1 aromatic carbocycles. The zero-order valence-electron chi connectivity index (χ0n) is 10.8. The van der Waals surface area contributed by atoms with Gasteiger partial charge in [-0.25, -0.2) is 4.98 Å². The molecular weight excluding hydrogens is 336 g/mol. The lowest BCUT2D eigenvalue weighted by atomic mass is 10.2. The van der Waals surface area contributed by atoms with E-state index in [0.717, 1.165) is 4.47 Å². The van der Waals surface area contributed by atoms with Crippen molar-refractivity contribution in [3.05, 3.63) is 58.5 Å². The Morgan fingerprint density at radius 3 is 2.81 bits per heavy atom. The molecule has 0 unspecified atom stereocenters. The van der Waals surface area contributed by atoms with Gasteiger partial charge in [-0.2, -0.15) is 0 Å². The SMILES string of the molecule is O=C(NCc1nc(-c2ccco2)n[nH]1)c1ccc(Br)cc1. The van der Waals surface area contributed by atoms with Crippen molar-refractivity contribution in [3.8, 4) is 11.6 Å². The highest BCUT2D eigenvalue weighted by Crippen LogP contribution is 2.14. The average molecular weight is 347 g/mol. The zero-order chi connectivity index (χ0) is 14.7. The number of hydrogen-bond acceptors (Lipinski definition) is 4. The van der Waals surface area contributed by atoms with Crippen LogP contribution < -0.4 is 5.32 Å². The molecule has 0 aliphatic heterocycles. The number of furan rings is 1. The van der Waals surface area contributed by atoms with Gasteiger partial charge in [0.2, 0.25) is 5.82 Å². The molecule has 2 aromatic heterocycles. The first-order valence-electron chi connectivity index (χ1n) is 6.21. The lowest BCUT2D eigenvalue weighted by Gasteiger charge is -2.02. The molecule has 0 aliphatic rings. The molecule has 2 N–H and O–H groups in total. The predicted octanol–water partition coefficient (Wildman–Crippen LogP) is 2.76. The van der Waals surface area contributed by atoms with Gasteiger partial charge in [-0.15, -0.1) is 5.10 Å². The third-order valence-corrected chi connectivity index (χ3v) is 3.32. The maximum Gasteiger partial charge on any atom is 0.251 e. The minimum atomic E-state index is -0.168. The van der Waals surface area contributed by atoms with Crippen LogP contribution in [0.25, 0.3) is 11.6 Å². The molecule has 21 heavy (non-hydrogen) atoms. The Bertz CT molecular complexity index is 735. The summed E-state index contributed by atoms with van der Waals surface area (Å²) >= 11 is 3.33. The number of benzene rings is 1. The number of carbonyl (C=O) groups is 1. The number of amides is 1. The molecule has 2 heterocycles.